The molecular formula is C23H26N2O5S2. The minimum absolute atomic E-state index is 0.0700. The topological polar surface area (TPSA) is 79.1 Å². The molecule has 3 rings (SSSR count). The number of aromatic nitrogens is 1. The lowest BCUT2D eigenvalue weighted by molar-refractivity contribution is -0.143. The van der Waals surface area contributed by atoms with Crippen molar-refractivity contribution in [2.45, 2.75) is 37.5 Å². The Balaban J connectivity index is 2.07. The highest BCUT2D eigenvalue weighted by molar-refractivity contribution is 7.99. The van der Waals surface area contributed by atoms with Crippen molar-refractivity contribution in [3.63, 3.8) is 0 Å². The SMILES string of the molecule is CCOC(=O)Cn1c(=NC(=O)c2ccc(SC(C)C)cc2)sc2cc(OC)c(OC)cc21. The van der Waals surface area contributed by atoms with Gasteiger partial charge in [0.2, 0.25) is 0 Å². The average Bonchev–Trinajstić information content (AvgIpc) is 3.08. The van der Waals surface area contributed by atoms with Crippen LogP contribution in [0.1, 0.15) is 31.1 Å². The van der Waals surface area contributed by atoms with Crippen LogP contribution in [0.5, 0.6) is 11.5 Å². The smallest absolute Gasteiger partial charge is 0.326 e. The van der Waals surface area contributed by atoms with Crippen molar-refractivity contribution in [2.75, 3.05) is 20.8 Å². The van der Waals surface area contributed by atoms with Gasteiger partial charge in [-0.2, -0.15) is 4.99 Å². The molecule has 0 saturated heterocycles. The first-order valence-electron chi connectivity index (χ1n) is 10.1. The molecule has 0 bridgehead atoms. The van der Waals surface area contributed by atoms with Crippen LogP contribution in [0.25, 0.3) is 10.2 Å². The fourth-order valence-corrected chi connectivity index (χ4v) is 4.95. The fraction of sp³-hybridized carbons (Fsp3) is 0.348. The second-order valence-corrected chi connectivity index (χ2v) is 9.72. The minimum atomic E-state index is -0.411. The molecule has 0 fully saturated rings. The molecular weight excluding hydrogens is 448 g/mol. The van der Waals surface area contributed by atoms with E-state index in [9.17, 15) is 9.59 Å². The maximum Gasteiger partial charge on any atom is 0.326 e. The lowest BCUT2D eigenvalue weighted by Gasteiger charge is -2.09. The van der Waals surface area contributed by atoms with E-state index >= 15 is 0 Å². The Morgan fingerprint density at radius 2 is 1.75 bits per heavy atom. The molecule has 7 nitrogen and oxygen atoms in total. The van der Waals surface area contributed by atoms with Crippen LogP contribution in [0, 0.1) is 0 Å². The molecule has 9 heteroatoms. The lowest BCUT2D eigenvalue weighted by atomic mass is 10.2. The van der Waals surface area contributed by atoms with Crippen LogP contribution >= 0.6 is 23.1 Å². The van der Waals surface area contributed by atoms with Crippen molar-refractivity contribution >= 4 is 45.2 Å². The molecule has 1 amide bonds. The van der Waals surface area contributed by atoms with Gasteiger partial charge in [-0.15, -0.1) is 11.8 Å². The molecule has 170 valence electrons. The number of carbonyl (C=O) groups is 2. The van der Waals surface area contributed by atoms with Gasteiger partial charge in [0.25, 0.3) is 5.91 Å². The average molecular weight is 475 g/mol. The molecule has 0 N–H and O–H groups in total. The van der Waals surface area contributed by atoms with Crippen molar-refractivity contribution in [1.82, 2.24) is 4.57 Å². The Morgan fingerprint density at radius 3 is 2.34 bits per heavy atom. The summed E-state index contributed by atoms with van der Waals surface area (Å²) in [5.41, 5.74) is 1.18. The highest BCUT2D eigenvalue weighted by Crippen LogP contribution is 2.33. The van der Waals surface area contributed by atoms with E-state index in [2.05, 4.69) is 18.8 Å². The fourth-order valence-electron chi connectivity index (χ4n) is 3.07. The van der Waals surface area contributed by atoms with Crippen LogP contribution in [-0.2, 0) is 16.1 Å². The van der Waals surface area contributed by atoms with Gasteiger partial charge in [0.1, 0.15) is 6.54 Å². The molecule has 0 spiro atoms. The van der Waals surface area contributed by atoms with Crippen molar-refractivity contribution in [3.8, 4) is 11.5 Å². The van der Waals surface area contributed by atoms with E-state index in [4.69, 9.17) is 14.2 Å². The predicted molar refractivity (Wildman–Crippen MR) is 127 cm³/mol. The molecule has 32 heavy (non-hydrogen) atoms. The van der Waals surface area contributed by atoms with E-state index in [0.717, 1.165) is 9.60 Å². The quantitative estimate of drug-likeness (QED) is 0.353. The van der Waals surface area contributed by atoms with Crippen LogP contribution in [-0.4, -0.2) is 42.5 Å². The van der Waals surface area contributed by atoms with Gasteiger partial charge in [-0.05, 0) is 31.2 Å². The Kier molecular flexibility index (Phi) is 7.98. The standard InChI is InChI=1S/C23H26N2O5S2/c1-6-30-21(26)13-25-17-11-18(28-4)19(29-5)12-20(17)32-23(25)24-22(27)15-7-9-16(10-8-15)31-14(2)3/h7-12,14H,6,13H2,1-5H3. The van der Waals surface area contributed by atoms with Crippen LogP contribution < -0.4 is 14.3 Å². The highest BCUT2D eigenvalue weighted by atomic mass is 32.2. The number of hydrogen-bond donors (Lipinski definition) is 0. The number of thioether (sulfide) groups is 1. The zero-order valence-corrected chi connectivity index (χ0v) is 20.3. The number of methoxy groups -OCH3 is 2. The highest BCUT2D eigenvalue weighted by Gasteiger charge is 2.16. The van der Waals surface area contributed by atoms with E-state index in [0.29, 0.717) is 32.6 Å². The lowest BCUT2D eigenvalue weighted by Crippen LogP contribution is -2.23. The van der Waals surface area contributed by atoms with Crippen molar-refractivity contribution in [3.05, 3.63) is 46.8 Å². The van der Waals surface area contributed by atoms with Gasteiger partial charge in [0.15, 0.2) is 16.3 Å². The van der Waals surface area contributed by atoms with Crippen LogP contribution in [0.15, 0.2) is 46.3 Å². The summed E-state index contributed by atoms with van der Waals surface area (Å²) in [6, 6.07) is 11.0. The number of benzene rings is 2. The zero-order chi connectivity index (χ0) is 23.3. The third-order valence-electron chi connectivity index (χ3n) is 4.45. The van der Waals surface area contributed by atoms with Gasteiger partial charge < -0.3 is 18.8 Å². The predicted octanol–water partition coefficient (Wildman–Crippen LogP) is 4.52. The number of amides is 1. The van der Waals surface area contributed by atoms with Crippen molar-refractivity contribution < 1.29 is 23.8 Å². The number of esters is 1. The van der Waals surface area contributed by atoms with Crippen LogP contribution in [0.4, 0.5) is 0 Å². The Hall–Kier alpha value is -2.78. The summed E-state index contributed by atoms with van der Waals surface area (Å²) in [4.78, 5) is 30.9. The first-order chi connectivity index (χ1) is 15.4. The molecule has 3 aromatic rings. The summed E-state index contributed by atoms with van der Waals surface area (Å²) in [5, 5.41) is 0.454. The summed E-state index contributed by atoms with van der Waals surface area (Å²) < 4.78 is 18.4. The summed E-state index contributed by atoms with van der Waals surface area (Å²) in [6.07, 6.45) is 0. The van der Waals surface area contributed by atoms with Gasteiger partial charge in [-0.1, -0.05) is 25.2 Å². The Labute approximate surface area is 195 Å². The van der Waals surface area contributed by atoms with E-state index < -0.39 is 5.97 Å². The maximum atomic E-state index is 12.9. The zero-order valence-electron chi connectivity index (χ0n) is 18.7. The number of fused-ring (bicyclic) bond motifs is 1. The minimum Gasteiger partial charge on any atom is -0.493 e. The molecule has 0 atom stereocenters. The van der Waals surface area contributed by atoms with Gasteiger partial charge in [0, 0.05) is 27.8 Å². The third kappa shape index (κ3) is 5.52. The molecule has 0 aliphatic heterocycles. The number of hydrogen-bond acceptors (Lipinski definition) is 7. The molecule has 0 aliphatic carbocycles. The van der Waals surface area contributed by atoms with Gasteiger partial charge in [-0.25, -0.2) is 0 Å². The number of carbonyl (C=O) groups excluding carboxylic acids is 2. The second kappa shape index (κ2) is 10.7. The maximum absolute atomic E-state index is 12.9. The monoisotopic (exact) mass is 474 g/mol. The second-order valence-electron chi connectivity index (χ2n) is 7.06. The van der Waals surface area contributed by atoms with E-state index in [1.165, 1.54) is 11.3 Å². The normalized spacial score (nSPS) is 11.8. The summed E-state index contributed by atoms with van der Waals surface area (Å²) in [6.45, 7) is 6.18. The van der Waals surface area contributed by atoms with Crippen molar-refractivity contribution in [2.24, 2.45) is 4.99 Å². The molecule has 1 aromatic heterocycles. The Bertz CT molecular complexity index is 1180. The summed E-state index contributed by atoms with van der Waals surface area (Å²) >= 11 is 3.02. The largest absolute Gasteiger partial charge is 0.493 e. The molecule has 0 radical (unpaired) electrons. The first-order valence-corrected chi connectivity index (χ1v) is 11.8. The number of rotatable bonds is 8. The van der Waals surface area contributed by atoms with E-state index in [-0.39, 0.29) is 19.1 Å². The van der Waals surface area contributed by atoms with E-state index in [1.807, 2.05) is 18.2 Å². The number of thiazole rings is 1. The summed E-state index contributed by atoms with van der Waals surface area (Å²) in [7, 11) is 3.10. The van der Waals surface area contributed by atoms with Gasteiger partial charge in [-0.3, -0.25) is 9.59 Å². The molecule has 2 aromatic carbocycles. The van der Waals surface area contributed by atoms with Crippen molar-refractivity contribution in [1.29, 1.82) is 0 Å². The van der Waals surface area contributed by atoms with Crippen LogP contribution in [0.3, 0.4) is 0 Å². The molecule has 0 unspecified atom stereocenters. The number of ether oxygens (including phenoxy) is 3. The third-order valence-corrected chi connectivity index (χ3v) is 6.51. The van der Waals surface area contributed by atoms with Gasteiger partial charge in [0.05, 0.1) is 31.0 Å². The number of nitrogens with zero attached hydrogens (tertiary/aromatic N) is 2. The molecule has 0 aliphatic rings. The van der Waals surface area contributed by atoms with Crippen LogP contribution in [0.2, 0.25) is 0 Å². The van der Waals surface area contributed by atoms with Gasteiger partial charge >= 0.3 is 5.97 Å². The van der Waals surface area contributed by atoms with E-state index in [1.54, 1.807) is 55.7 Å². The Morgan fingerprint density at radius 1 is 1.09 bits per heavy atom. The summed E-state index contributed by atoms with van der Waals surface area (Å²) in [5.74, 6) is 0.285. The first kappa shape index (κ1) is 23.9. The molecule has 0 saturated carbocycles. The molecule has 1 heterocycles.